The Bertz CT molecular complexity index is 370. The standard InChI is InChI=1S/C9H7F3O2S/c10-9(11,12)15(14)8-3-1-7(2-4-8)5-6-13/h1-4,6H,5H2. The van der Waals surface area contributed by atoms with Crippen LogP contribution in [0.1, 0.15) is 5.56 Å². The highest BCUT2D eigenvalue weighted by molar-refractivity contribution is 7.86. The second-order valence-electron chi connectivity index (χ2n) is 2.73. The van der Waals surface area contributed by atoms with Crippen molar-refractivity contribution in [3.8, 4) is 0 Å². The van der Waals surface area contributed by atoms with Crippen LogP contribution in [0.3, 0.4) is 0 Å². The number of aldehydes is 1. The minimum atomic E-state index is -4.74. The Morgan fingerprint density at radius 2 is 1.73 bits per heavy atom. The predicted molar refractivity (Wildman–Crippen MR) is 48.7 cm³/mol. The maximum atomic E-state index is 12.0. The van der Waals surface area contributed by atoms with Gasteiger partial charge in [-0.3, -0.25) is 0 Å². The molecule has 0 saturated heterocycles. The van der Waals surface area contributed by atoms with E-state index in [1.54, 1.807) is 0 Å². The molecule has 1 aromatic carbocycles. The van der Waals surface area contributed by atoms with Crippen LogP contribution < -0.4 is 0 Å². The van der Waals surface area contributed by atoms with E-state index < -0.39 is 16.3 Å². The van der Waals surface area contributed by atoms with Gasteiger partial charge >= 0.3 is 5.51 Å². The van der Waals surface area contributed by atoms with E-state index in [1.807, 2.05) is 0 Å². The highest BCUT2D eigenvalue weighted by Gasteiger charge is 2.37. The van der Waals surface area contributed by atoms with E-state index in [4.69, 9.17) is 0 Å². The van der Waals surface area contributed by atoms with Crippen LogP contribution in [-0.2, 0) is 22.0 Å². The molecule has 0 aliphatic rings. The topological polar surface area (TPSA) is 34.1 Å². The Morgan fingerprint density at radius 3 is 2.13 bits per heavy atom. The maximum Gasteiger partial charge on any atom is 0.475 e. The zero-order valence-electron chi connectivity index (χ0n) is 7.45. The van der Waals surface area contributed by atoms with E-state index in [2.05, 4.69) is 0 Å². The van der Waals surface area contributed by atoms with Crippen molar-refractivity contribution in [2.45, 2.75) is 16.8 Å². The average Bonchev–Trinajstić information content (AvgIpc) is 2.17. The first-order valence-electron chi connectivity index (χ1n) is 3.96. The van der Waals surface area contributed by atoms with Gasteiger partial charge in [0.1, 0.15) is 6.29 Å². The fourth-order valence-electron chi connectivity index (χ4n) is 0.979. The first-order chi connectivity index (χ1) is 6.95. The molecule has 0 aliphatic heterocycles. The molecule has 1 aromatic rings. The maximum absolute atomic E-state index is 12.0. The van der Waals surface area contributed by atoms with Gasteiger partial charge in [0.05, 0.1) is 0 Å². The summed E-state index contributed by atoms with van der Waals surface area (Å²) < 4.78 is 46.9. The molecule has 0 spiro atoms. The SMILES string of the molecule is O=CCc1ccc(S(=O)C(F)(F)F)cc1. The van der Waals surface area contributed by atoms with E-state index in [9.17, 15) is 22.2 Å². The zero-order chi connectivity index (χ0) is 11.5. The van der Waals surface area contributed by atoms with Crippen molar-refractivity contribution in [1.29, 1.82) is 0 Å². The highest BCUT2D eigenvalue weighted by Crippen LogP contribution is 2.26. The van der Waals surface area contributed by atoms with Crippen LogP contribution in [0.25, 0.3) is 0 Å². The average molecular weight is 236 g/mol. The fraction of sp³-hybridized carbons (Fsp3) is 0.222. The van der Waals surface area contributed by atoms with Crippen LogP contribution in [0.4, 0.5) is 13.2 Å². The molecule has 0 aromatic heterocycles. The number of hydrogen-bond donors (Lipinski definition) is 0. The molecule has 1 unspecified atom stereocenters. The van der Waals surface area contributed by atoms with Crippen LogP contribution in [-0.4, -0.2) is 16.0 Å². The van der Waals surface area contributed by atoms with Gasteiger partial charge in [-0.25, -0.2) is 4.21 Å². The first-order valence-corrected chi connectivity index (χ1v) is 5.11. The van der Waals surface area contributed by atoms with Crippen molar-refractivity contribution in [3.63, 3.8) is 0 Å². The third kappa shape index (κ3) is 3.16. The first kappa shape index (κ1) is 11.9. The van der Waals surface area contributed by atoms with E-state index in [0.717, 1.165) is 12.1 Å². The van der Waals surface area contributed by atoms with E-state index in [0.29, 0.717) is 11.8 Å². The lowest BCUT2D eigenvalue weighted by Crippen LogP contribution is -2.16. The summed E-state index contributed by atoms with van der Waals surface area (Å²) in [6.45, 7) is 0. The minimum absolute atomic E-state index is 0.138. The lowest BCUT2D eigenvalue weighted by molar-refractivity contribution is -0.107. The van der Waals surface area contributed by atoms with E-state index in [-0.39, 0.29) is 11.3 Å². The molecule has 0 fully saturated rings. The van der Waals surface area contributed by atoms with Gasteiger partial charge in [-0.2, -0.15) is 13.2 Å². The van der Waals surface area contributed by atoms with Crippen LogP contribution in [0.15, 0.2) is 29.2 Å². The number of rotatable bonds is 3. The van der Waals surface area contributed by atoms with E-state index >= 15 is 0 Å². The van der Waals surface area contributed by atoms with Gasteiger partial charge < -0.3 is 4.79 Å². The predicted octanol–water partition coefficient (Wildman–Crippen LogP) is 2.06. The van der Waals surface area contributed by atoms with Crippen LogP contribution in [0.5, 0.6) is 0 Å². The van der Waals surface area contributed by atoms with Crippen molar-refractivity contribution in [3.05, 3.63) is 29.8 Å². The molecule has 15 heavy (non-hydrogen) atoms. The van der Waals surface area contributed by atoms with Gasteiger partial charge in [0.15, 0.2) is 10.8 Å². The summed E-state index contributed by atoms with van der Waals surface area (Å²) in [6, 6.07) is 4.94. The molecule has 1 atom stereocenters. The molecule has 6 heteroatoms. The Morgan fingerprint density at radius 1 is 1.20 bits per heavy atom. The third-order valence-electron chi connectivity index (χ3n) is 1.67. The van der Waals surface area contributed by atoms with Gasteiger partial charge in [-0.15, -0.1) is 0 Å². The number of alkyl halides is 3. The van der Waals surface area contributed by atoms with E-state index in [1.165, 1.54) is 12.1 Å². The lowest BCUT2D eigenvalue weighted by Gasteiger charge is -2.06. The van der Waals surface area contributed by atoms with Crippen LogP contribution >= 0.6 is 0 Å². The van der Waals surface area contributed by atoms with Gasteiger partial charge in [-0.1, -0.05) is 12.1 Å². The van der Waals surface area contributed by atoms with Gasteiger partial charge in [0.25, 0.3) is 0 Å². The van der Waals surface area contributed by atoms with Gasteiger partial charge in [-0.05, 0) is 17.7 Å². The minimum Gasteiger partial charge on any atom is -0.303 e. The number of carbonyl (C=O) groups excluding carboxylic acids is 1. The third-order valence-corrected chi connectivity index (χ3v) is 2.79. The molecular formula is C9H7F3O2S. The smallest absolute Gasteiger partial charge is 0.303 e. The van der Waals surface area contributed by atoms with Crippen LogP contribution in [0, 0.1) is 0 Å². The summed E-state index contributed by atoms with van der Waals surface area (Å²) >= 11 is 0. The molecule has 0 aliphatic carbocycles. The number of benzene rings is 1. The molecule has 0 heterocycles. The second kappa shape index (κ2) is 4.57. The summed E-state index contributed by atoms with van der Waals surface area (Å²) in [6.07, 6.45) is 0.786. The van der Waals surface area contributed by atoms with Crippen molar-refractivity contribution in [2.75, 3.05) is 0 Å². The van der Waals surface area contributed by atoms with Crippen molar-refractivity contribution in [1.82, 2.24) is 0 Å². The molecular weight excluding hydrogens is 229 g/mol. The van der Waals surface area contributed by atoms with Crippen LogP contribution in [0.2, 0.25) is 0 Å². The highest BCUT2D eigenvalue weighted by atomic mass is 32.2. The summed E-state index contributed by atoms with van der Waals surface area (Å²) in [5.74, 6) is 0. The molecule has 0 N–H and O–H groups in total. The fourth-order valence-corrected chi connectivity index (χ4v) is 1.63. The molecule has 1 rings (SSSR count). The normalized spacial score (nSPS) is 13.5. The molecule has 0 amide bonds. The monoisotopic (exact) mass is 236 g/mol. The summed E-state index contributed by atoms with van der Waals surface area (Å²) in [4.78, 5) is 9.80. The zero-order valence-corrected chi connectivity index (χ0v) is 8.27. The van der Waals surface area contributed by atoms with Gasteiger partial charge in [0, 0.05) is 11.3 Å². The Hall–Kier alpha value is -1.17. The quantitative estimate of drug-likeness (QED) is 0.753. The van der Waals surface area contributed by atoms with Crippen molar-refractivity contribution < 1.29 is 22.2 Å². The van der Waals surface area contributed by atoms with Gasteiger partial charge in [0.2, 0.25) is 0 Å². The Balaban J connectivity index is 2.89. The summed E-state index contributed by atoms with van der Waals surface area (Å²) in [5, 5.41) is 0. The Labute approximate surface area is 86.6 Å². The number of halogens is 3. The van der Waals surface area contributed by atoms with Crippen molar-refractivity contribution >= 4 is 17.1 Å². The summed E-state index contributed by atoms with van der Waals surface area (Å²) in [7, 11) is -3.00. The molecule has 0 radical (unpaired) electrons. The number of carbonyl (C=O) groups is 1. The molecule has 0 bridgehead atoms. The second-order valence-corrected chi connectivity index (χ2v) is 4.20. The number of hydrogen-bond acceptors (Lipinski definition) is 2. The van der Waals surface area contributed by atoms with Crippen molar-refractivity contribution in [2.24, 2.45) is 0 Å². The molecule has 82 valence electrons. The Kier molecular flexibility index (Phi) is 3.62. The lowest BCUT2D eigenvalue weighted by atomic mass is 10.2. The largest absolute Gasteiger partial charge is 0.475 e. The molecule has 0 saturated carbocycles. The molecule has 2 nitrogen and oxygen atoms in total. The summed E-state index contributed by atoms with van der Waals surface area (Å²) in [5.41, 5.74) is -4.15.